The van der Waals surface area contributed by atoms with Crippen LogP contribution in [0.1, 0.15) is 34.7 Å². The van der Waals surface area contributed by atoms with Gasteiger partial charge in [-0.05, 0) is 57.0 Å². The predicted octanol–water partition coefficient (Wildman–Crippen LogP) is 5.87. The number of oxime groups is 1. The summed E-state index contributed by atoms with van der Waals surface area (Å²) < 4.78 is 2.14. The number of fused-ring (bicyclic) bond motifs is 3. The maximum atomic E-state index is 11.3. The van der Waals surface area contributed by atoms with Crippen LogP contribution >= 0.6 is 0 Å². The maximum Gasteiger partial charge on any atom is 0.270 e. The largest absolute Gasteiger partial charge is 0.410 e. The Morgan fingerprint density at radius 3 is 2.17 bits per heavy atom. The Morgan fingerprint density at radius 1 is 1.00 bits per heavy atom. The van der Waals surface area contributed by atoms with Crippen molar-refractivity contribution in [2.45, 2.75) is 34.2 Å². The van der Waals surface area contributed by atoms with E-state index in [1.54, 1.807) is 12.1 Å². The fraction of sp³-hybridized carbons (Fsp3) is 0.208. The Labute approximate surface area is 174 Å². The lowest BCUT2D eigenvalue weighted by Gasteiger charge is -2.13. The van der Waals surface area contributed by atoms with Gasteiger partial charge in [0.1, 0.15) is 5.71 Å². The molecular formula is C24H23N3O3. The lowest BCUT2D eigenvalue weighted by atomic mass is 9.92. The summed E-state index contributed by atoms with van der Waals surface area (Å²) in [6.07, 6.45) is 0. The highest BCUT2D eigenvalue weighted by Crippen LogP contribution is 2.33. The molecule has 1 heterocycles. The van der Waals surface area contributed by atoms with Crippen LogP contribution in [0.2, 0.25) is 0 Å². The Bertz CT molecular complexity index is 1330. The fourth-order valence-corrected chi connectivity index (χ4v) is 4.50. The number of nitro groups is 1. The highest BCUT2D eigenvalue weighted by Gasteiger charge is 2.18. The second kappa shape index (κ2) is 7.30. The zero-order valence-electron chi connectivity index (χ0n) is 17.4. The summed E-state index contributed by atoms with van der Waals surface area (Å²) in [5, 5.41) is 26.6. The van der Waals surface area contributed by atoms with Crippen molar-refractivity contribution in [1.29, 1.82) is 0 Å². The fourth-order valence-electron chi connectivity index (χ4n) is 4.50. The van der Waals surface area contributed by atoms with Crippen LogP contribution in [-0.2, 0) is 6.54 Å². The Morgan fingerprint density at radius 2 is 1.60 bits per heavy atom. The van der Waals surface area contributed by atoms with Gasteiger partial charge in [-0.1, -0.05) is 28.9 Å². The zero-order chi connectivity index (χ0) is 21.6. The highest BCUT2D eigenvalue weighted by atomic mass is 16.6. The van der Waals surface area contributed by atoms with Gasteiger partial charge < -0.3 is 9.77 Å². The minimum absolute atomic E-state index is 0.0596. The molecule has 0 aliphatic rings. The molecule has 6 heteroatoms. The lowest BCUT2D eigenvalue weighted by molar-refractivity contribution is -0.384. The molecule has 152 valence electrons. The molecule has 0 aliphatic heterocycles. The van der Waals surface area contributed by atoms with Crippen molar-refractivity contribution >= 4 is 33.2 Å². The number of nitro benzene ring substituents is 1. The monoisotopic (exact) mass is 401 g/mol. The zero-order valence-corrected chi connectivity index (χ0v) is 17.4. The first-order valence-electron chi connectivity index (χ1n) is 9.86. The van der Waals surface area contributed by atoms with E-state index in [0.29, 0.717) is 5.71 Å². The average Bonchev–Trinajstić information content (AvgIpc) is 3.02. The minimum Gasteiger partial charge on any atom is -0.410 e. The first-order valence-corrected chi connectivity index (χ1v) is 9.86. The molecule has 1 aromatic heterocycles. The van der Waals surface area contributed by atoms with Gasteiger partial charge in [0, 0.05) is 51.6 Å². The Kier molecular flexibility index (Phi) is 4.78. The number of aromatic nitrogens is 1. The highest BCUT2D eigenvalue weighted by molar-refractivity contribution is 6.18. The van der Waals surface area contributed by atoms with Gasteiger partial charge in [0.15, 0.2) is 0 Å². The van der Waals surface area contributed by atoms with Crippen LogP contribution in [0, 0.1) is 30.9 Å². The molecule has 4 rings (SSSR count). The van der Waals surface area contributed by atoms with Crippen molar-refractivity contribution in [1.82, 2.24) is 4.57 Å². The van der Waals surface area contributed by atoms with Crippen LogP contribution in [0.15, 0.2) is 53.7 Å². The second-order valence-electron chi connectivity index (χ2n) is 7.66. The normalized spacial score (nSPS) is 12.1. The van der Waals surface area contributed by atoms with Crippen molar-refractivity contribution in [3.8, 4) is 0 Å². The molecule has 3 aromatic carbocycles. The van der Waals surface area contributed by atoms with E-state index in [-0.39, 0.29) is 10.6 Å². The molecule has 0 bridgehead atoms. The summed E-state index contributed by atoms with van der Waals surface area (Å²) in [7, 11) is 0. The molecular weight excluding hydrogens is 378 g/mol. The minimum atomic E-state index is -0.377. The SMILES string of the molecule is CCn1c2ccc(/C(=N/O)c3c(C)cc(C)cc3C)cc2c2cc([N+](=O)[O-])ccc21. The summed E-state index contributed by atoms with van der Waals surface area (Å²) >= 11 is 0. The van der Waals surface area contributed by atoms with Crippen LogP contribution in [0.5, 0.6) is 0 Å². The third-order valence-corrected chi connectivity index (χ3v) is 5.66. The number of non-ortho nitro benzene ring substituents is 1. The molecule has 0 unspecified atom stereocenters. The molecule has 1 N–H and O–H groups in total. The Balaban J connectivity index is 2.00. The summed E-state index contributed by atoms with van der Waals surface area (Å²) in [4.78, 5) is 10.9. The summed E-state index contributed by atoms with van der Waals surface area (Å²) in [6, 6.07) is 15.0. The first-order chi connectivity index (χ1) is 14.3. The van der Waals surface area contributed by atoms with E-state index < -0.39 is 0 Å². The van der Waals surface area contributed by atoms with Gasteiger partial charge in [-0.2, -0.15) is 0 Å². The molecule has 0 fully saturated rings. The van der Waals surface area contributed by atoms with Gasteiger partial charge >= 0.3 is 0 Å². The predicted molar refractivity (Wildman–Crippen MR) is 120 cm³/mol. The lowest BCUT2D eigenvalue weighted by Crippen LogP contribution is -2.08. The molecule has 0 amide bonds. The maximum absolute atomic E-state index is 11.3. The van der Waals surface area contributed by atoms with Gasteiger partial charge in [0.05, 0.1) is 4.92 Å². The van der Waals surface area contributed by atoms with Crippen molar-refractivity contribution in [3.05, 3.63) is 86.5 Å². The van der Waals surface area contributed by atoms with Crippen LogP contribution in [0.3, 0.4) is 0 Å². The van der Waals surface area contributed by atoms with Crippen LogP contribution in [-0.4, -0.2) is 20.4 Å². The molecule has 6 nitrogen and oxygen atoms in total. The molecule has 0 saturated carbocycles. The third kappa shape index (κ3) is 3.01. The quantitative estimate of drug-likeness (QED) is 0.201. The first kappa shape index (κ1) is 19.6. The molecule has 4 aromatic rings. The molecule has 0 atom stereocenters. The summed E-state index contributed by atoms with van der Waals surface area (Å²) in [5.74, 6) is 0. The van der Waals surface area contributed by atoms with Gasteiger partial charge in [0.25, 0.3) is 5.69 Å². The van der Waals surface area contributed by atoms with Crippen molar-refractivity contribution in [2.24, 2.45) is 5.16 Å². The molecule has 0 saturated heterocycles. The van der Waals surface area contributed by atoms with Gasteiger partial charge in [0.2, 0.25) is 0 Å². The van der Waals surface area contributed by atoms with Crippen molar-refractivity contribution < 1.29 is 10.1 Å². The average molecular weight is 401 g/mol. The third-order valence-electron chi connectivity index (χ3n) is 5.66. The van der Waals surface area contributed by atoms with E-state index in [1.807, 2.05) is 45.9 Å². The van der Waals surface area contributed by atoms with Crippen LogP contribution in [0.25, 0.3) is 21.8 Å². The van der Waals surface area contributed by atoms with E-state index in [2.05, 4.69) is 21.9 Å². The second-order valence-corrected chi connectivity index (χ2v) is 7.66. The number of rotatable bonds is 4. The molecule has 0 radical (unpaired) electrons. The topological polar surface area (TPSA) is 80.7 Å². The van der Waals surface area contributed by atoms with E-state index >= 15 is 0 Å². The van der Waals surface area contributed by atoms with E-state index in [1.165, 1.54) is 6.07 Å². The summed E-state index contributed by atoms with van der Waals surface area (Å²) in [5.41, 5.74) is 7.37. The number of nitrogens with zero attached hydrogens (tertiary/aromatic N) is 3. The number of benzene rings is 3. The van der Waals surface area contributed by atoms with Gasteiger partial charge in [-0.25, -0.2) is 0 Å². The van der Waals surface area contributed by atoms with Gasteiger partial charge in [-0.3, -0.25) is 10.1 Å². The van der Waals surface area contributed by atoms with Crippen molar-refractivity contribution in [3.63, 3.8) is 0 Å². The summed E-state index contributed by atoms with van der Waals surface area (Å²) in [6.45, 7) is 8.84. The number of hydrogen-bond acceptors (Lipinski definition) is 4. The van der Waals surface area contributed by atoms with E-state index in [0.717, 1.165) is 56.2 Å². The van der Waals surface area contributed by atoms with Crippen LogP contribution in [0.4, 0.5) is 5.69 Å². The van der Waals surface area contributed by atoms with E-state index in [9.17, 15) is 15.3 Å². The molecule has 0 spiro atoms. The molecule has 0 aliphatic carbocycles. The van der Waals surface area contributed by atoms with Gasteiger partial charge in [-0.15, -0.1) is 0 Å². The van der Waals surface area contributed by atoms with Crippen molar-refractivity contribution in [2.75, 3.05) is 0 Å². The Hall–Kier alpha value is -3.67. The van der Waals surface area contributed by atoms with Crippen LogP contribution < -0.4 is 0 Å². The smallest absolute Gasteiger partial charge is 0.270 e. The molecule has 30 heavy (non-hydrogen) atoms. The van der Waals surface area contributed by atoms with E-state index in [4.69, 9.17) is 0 Å². The number of aryl methyl sites for hydroxylation is 4. The number of hydrogen-bond donors (Lipinski definition) is 1. The standard InChI is InChI=1S/C24H23N3O3/c1-5-26-21-8-6-17(24(25-28)23-15(3)10-14(2)11-16(23)4)12-19(21)20-13-18(27(29)30)7-9-22(20)26/h6-13,28H,5H2,1-4H3/b25-24-.